The zero-order valence-electron chi connectivity index (χ0n) is 11.8. The van der Waals surface area contributed by atoms with Crippen LogP contribution < -0.4 is 5.32 Å². The lowest BCUT2D eigenvalue weighted by molar-refractivity contribution is 0.366. The van der Waals surface area contributed by atoms with Crippen LogP contribution in [0.2, 0.25) is 0 Å². The molecule has 0 radical (unpaired) electrons. The molecule has 1 aromatic carbocycles. The number of hydrogen-bond donors (Lipinski definition) is 2. The minimum Gasteiger partial charge on any atom is -0.348 e. The number of nitrogens with one attached hydrogen (secondary N) is 2. The molecule has 0 unspecified atom stereocenters. The summed E-state index contributed by atoms with van der Waals surface area (Å²) in [6.07, 6.45) is 7.11. The van der Waals surface area contributed by atoms with E-state index in [0.717, 1.165) is 31.5 Å². The molecule has 0 aliphatic heterocycles. The highest BCUT2D eigenvalue weighted by atomic mass is 19.1. The number of hydrogen-bond acceptors (Lipinski definition) is 2. The summed E-state index contributed by atoms with van der Waals surface area (Å²) in [5.41, 5.74) is -0.198. The van der Waals surface area contributed by atoms with Gasteiger partial charge in [-0.3, -0.25) is 0 Å². The lowest BCUT2D eigenvalue weighted by Crippen LogP contribution is -2.37. The molecule has 1 aliphatic carbocycles. The third-order valence-corrected chi connectivity index (χ3v) is 4.36. The molecule has 0 saturated heterocycles. The minimum atomic E-state index is -0.442. The van der Waals surface area contributed by atoms with Gasteiger partial charge in [0.2, 0.25) is 0 Å². The van der Waals surface area contributed by atoms with Crippen molar-refractivity contribution >= 4 is 0 Å². The fourth-order valence-corrected chi connectivity index (χ4v) is 3.39. The Morgan fingerprint density at radius 2 is 1.90 bits per heavy atom. The van der Waals surface area contributed by atoms with Gasteiger partial charge < -0.3 is 10.3 Å². The van der Waals surface area contributed by atoms with Crippen LogP contribution in [0.4, 0.5) is 8.78 Å². The second-order valence-electron chi connectivity index (χ2n) is 5.72. The van der Waals surface area contributed by atoms with Crippen molar-refractivity contribution in [3.8, 4) is 0 Å². The Morgan fingerprint density at radius 3 is 2.52 bits per heavy atom. The molecule has 2 aromatic rings. The summed E-state index contributed by atoms with van der Waals surface area (Å²) in [6, 6.07) is 4.13. The molecule has 112 valence electrons. The van der Waals surface area contributed by atoms with Crippen LogP contribution in [0.15, 0.2) is 30.6 Å². The highest BCUT2D eigenvalue weighted by Crippen LogP contribution is 2.42. The van der Waals surface area contributed by atoms with Gasteiger partial charge in [-0.1, -0.05) is 18.9 Å². The maximum absolute atomic E-state index is 14.2. The highest BCUT2D eigenvalue weighted by Gasteiger charge is 2.39. The molecule has 5 heteroatoms. The molecule has 1 heterocycles. The van der Waals surface area contributed by atoms with E-state index in [0.29, 0.717) is 13.1 Å². The van der Waals surface area contributed by atoms with Crippen LogP contribution in [0, 0.1) is 11.6 Å². The van der Waals surface area contributed by atoms with E-state index in [1.165, 1.54) is 18.2 Å². The number of aromatic nitrogens is 2. The van der Waals surface area contributed by atoms with Crippen LogP contribution in [0.5, 0.6) is 0 Å². The quantitative estimate of drug-likeness (QED) is 0.887. The van der Waals surface area contributed by atoms with Crippen molar-refractivity contribution in [2.24, 2.45) is 0 Å². The average Bonchev–Trinajstić information content (AvgIpc) is 3.11. The predicted molar refractivity (Wildman–Crippen MR) is 76.8 cm³/mol. The summed E-state index contributed by atoms with van der Waals surface area (Å²) in [7, 11) is 0. The van der Waals surface area contributed by atoms with Crippen molar-refractivity contribution < 1.29 is 8.78 Å². The Bertz CT molecular complexity index is 569. The van der Waals surface area contributed by atoms with E-state index in [9.17, 15) is 8.78 Å². The normalized spacial score (nSPS) is 17.2. The zero-order valence-corrected chi connectivity index (χ0v) is 11.8. The number of rotatable bonds is 5. The van der Waals surface area contributed by atoms with E-state index in [1.54, 1.807) is 12.4 Å². The summed E-state index contributed by atoms with van der Waals surface area (Å²) in [6.45, 7) is 1.14. The number of aromatic amines is 1. The average molecular weight is 291 g/mol. The van der Waals surface area contributed by atoms with Gasteiger partial charge in [0, 0.05) is 29.9 Å². The summed E-state index contributed by atoms with van der Waals surface area (Å²) < 4.78 is 28.3. The molecule has 2 N–H and O–H groups in total. The van der Waals surface area contributed by atoms with Gasteiger partial charge in [-0.05, 0) is 25.0 Å². The Morgan fingerprint density at radius 1 is 1.19 bits per heavy atom. The van der Waals surface area contributed by atoms with Gasteiger partial charge in [0.25, 0.3) is 0 Å². The van der Waals surface area contributed by atoms with E-state index >= 15 is 0 Å². The number of nitrogens with zero attached hydrogens (tertiary/aromatic N) is 1. The van der Waals surface area contributed by atoms with Crippen LogP contribution in [-0.4, -0.2) is 16.5 Å². The Labute approximate surface area is 122 Å². The van der Waals surface area contributed by atoms with Crippen LogP contribution in [0.1, 0.15) is 37.1 Å². The molecule has 0 bridgehead atoms. The topological polar surface area (TPSA) is 40.7 Å². The van der Waals surface area contributed by atoms with Crippen molar-refractivity contribution in [1.29, 1.82) is 0 Å². The van der Waals surface area contributed by atoms with Crippen LogP contribution in [-0.2, 0) is 12.0 Å². The molecule has 0 atom stereocenters. The third kappa shape index (κ3) is 2.83. The lowest BCUT2D eigenvalue weighted by atomic mass is 9.78. The van der Waals surface area contributed by atoms with Crippen molar-refractivity contribution in [2.75, 3.05) is 6.54 Å². The van der Waals surface area contributed by atoms with Gasteiger partial charge in [0.1, 0.15) is 17.5 Å². The molecular formula is C16H19F2N3. The molecule has 0 amide bonds. The number of halogens is 2. The number of benzene rings is 1. The fraction of sp³-hybridized carbons (Fsp3) is 0.438. The molecule has 3 nitrogen and oxygen atoms in total. The Balaban J connectivity index is 1.79. The molecular weight excluding hydrogens is 272 g/mol. The summed E-state index contributed by atoms with van der Waals surface area (Å²) in [5, 5.41) is 3.30. The first kappa shape index (κ1) is 14.2. The second-order valence-corrected chi connectivity index (χ2v) is 5.72. The fourth-order valence-electron chi connectivity index (χ4n) is 3.39. The zero-order chi connectivity index (χ0) is 14.7. The van der Waals surface area contributed by atoms with Gasteiger partial charge in [-0.25, -0.2) is 13.8 Å². The number of imidazole rings is 1. The summed E-state index contributed by atoms with van der Waals surface area (Å²) in [4.78, 5) is 7.16. The Kier molecular flexibility index (Phi) is 4.01. The standard InChI is InChI=1S/C16H19F2N3/c17-12-4-3-5-13(18)15(12)16(6-1-2-7-16)11-19-10-14-20-8-9-21-14/h3-5,8-9,19H,1-2,6-7,10-11H2,(H,20,21). The minimum absolute atomic E-state index is 0.245. The van der Waals surface area contributed by atoms with Crippen LogP contribution in [0.25, 0.3) is 0 Å². The van der Waals surface area contributed by atoms with Gasteiger partial charge in [0.15, 0.2) is 0 Å². The van der Waals surface area contributed by atoms with Crippen LogP contribution in [0.3, 0.4) is 0 Å². The van der Waals surface area contributed by atoms with E-state index in [2.05, 4.69) is 15.3 Å². The van der Waals surface area contributed by atoms with Crippen molar-refractivity contribution in [3.05, 3.63) is 53.6 Å². The van der Waals surface area contributed by atoms with Crippen molar-refractivity contribution in [2.45, 2.75) is 37.6 Å². The van der Waals surface area contributed by atoms with Crippen molar-refractivity contribution in [3.63, 3.8) is 0 Å². The van der Waals surface area contributed by atoms with Gasteiger partial charge in [0.05, 0.1) is 6.54 Å². The van der Waals surface area contributed by atoms with Gasteiger partial charge in [-0.15, -0.1) is 0 Å². The van der Waals surface area contributed by atoms with E-state index in [4.69, 9.17) is 0 Å². The van der Waals surface area contributed by atoms with Crippen molar-refractivity contribution in [1.82, 2.24) is 15.3 Å². The summed E-state index contributed by atoms with van der Waals surface area (Å²) in [5.74, 6) is -0.0365. The van der Waals surface area contributed by atoms with E-state index in [-0.39, 0.29) is 5.56 Å². The lowest BCUT2D eigenvalue weighted by Gasteiger charge is -2.30. The SMILES string of the molecule is Fc1cccc(F)c1C1(CNCc2ncc[nH]2)CCCC1. The molecule has 1 aliphatic rings. The van der Waals surface area contributed by atoms with E-state index in [1.807, 2.05) is 0 Å². The molecule has 21 heavy (non-hydrogen) atoms. The molecule has 3 rings (SSSR count). The molecule has 1 aromatic heterocycles. The Hall–Kier alpha value is -1.75. The summed E-state index contributed by atoms with van der Waals surface area (Å²) >= 11 is 0. The first-order valence-electron chi connectivity index (χ1n) is 7.35. The van der Waals surface area contributed by atoms with Gasteiger partial charge >= 0.3 is 0 Å². The predicted octanol–water partition coefficient (Wildman–Crippen LogP) is 3.29. The van der Waals surface area contributed by atoms with Gasteiger partial charge in [-0.2, -0.15) is 0 Å². The monoisotopic (exact) mass is 291 g/mol. The number of H-pyrrole nitrogens is 1. The van der Waals surface area contributed by atoms with Crippen LogP contribution >= 0.6 is 0 Å². The molecule has 0 spiro atoms. The molecule has 1 fully saturated rings. The third-order valence-electron chi connectivity index (χ3n) is 4.36. The van der Waals surface area contributed by atoms with E-state index < -0.39 is 17.0 Å². The second kappa shape index (κ2) is 5.93. The first-order valence-corrected chi connectivity index (χ1v) is 7.35. The maximum Gasteiger partial charge on any atom is 0.129 e. The maximum atomic E-state index is 14.2. The molecule has 1 saturated carbocycles. The smallest absolute Gasteiger partial charge is 0.129 e. The largest absolute Gasteiger partial charge is 0.348 e. The highest BCUT2D eigenvalue weighted by molar-refractivity contribution is 5.30. The first-order chi connectivity index (χ1) is 10.2.